The van der Waals surface area contributed by atoms with Crippen molar-refractivity contribution in [2.45, 2.75) is 0 Å². The molecule has 14 heavy (non-hydrogen) atoms. The molecule has 0 aromatic heterocycles. The average Bonchev–Trinajstić information content (AvgIpc) is 2.26. The summed E-state index contributed by atoms with van der Waals surface area (Å²) in [6.07, 6.45) is 0. The Balaban J connectivity index is 2.60. The number of hydrogen-bond donors (Lipinski definition) is 1. The molecule has 0 aliphatic carbocycles. The second kappa shape index (κ2) is 6.31. The summed E-state index contributed by atoms with van der Waals surface area (Å²) in [7, 11) is 1.65. The van der Waals surface area contributed by atoms with Gasteiger partial charge in [0.05, 0.1) is 0 Å². The van der Waals surface area contributed by atoms with E-state index in [1.54, 1.807) is 7.11 Å². The molecule has 0 bridgehead atoms. The molecule has 2 nitrogen and oxygen atoms in total. The number of ether oxygens (including phenoxy) is 1. The fraction of sp³-hybridized carbons (Fsp3) is 0.200. The van der Waals surface area contributed by atoms with Crippen LogP contribution in [0.1, 0.15) is 0 Å². The molecule has 0 spiro atoms. The summed E-state index contributed by atoms with van der Waals surface area (Å²) in [6, 6.07) is 7.92. The molecule has 0 radical (unpaired) electrons. The van der Waals surface area contributed by atoms with Crippen molar-refractivity contribution in [2.75, 3.05) is 13.7 Å². The van der Waals surface area contributed by atoms with E-state index in [1.807, 2.05) is 28.4 Å². The van der Waals surface area contributed by atoms with E-state index >= 15 is 0 Å². The first-order chi connectivity index (χ1) is 6.76. The molecule has 0 heterocycles. The second-order valence-corrected chi connectivity index (χ2v) is 5.69. The van der Waals surface area contributed by atoms with Gasteiger partial charge in [-0.05, 0) is 0 Å². The van der Waals surface area contributed by atoms with E-state index in [-0.39, 0.29) is 6.61 Å². The van der Waals surface area contributed by atoms with Crippen molar-refractivity contribution in [3.8, 4) is 5.75 Å². The topological polar surface area (TPSA) is 29.5 Å². The van der Waals surface area contributed by atoms with Crippen molar-refractivity contribution in [3.63, 3.8) is 0 Å². The first-order valence-electron chi connectivity index (χ1n) is 4.02. The van der Waals surface area contributed by atoms with Crippen LogP contribution >= 0.6 is 11.6 Å². The predicted octanol–water partition coefficient (Wildman–Crippen LogP) is 1.10. The van der Waals surface area contributed by atoms with Gasteiger partial charge in [0, 0.05) is 0 Å². The Morgan fingerprint density at radius 3 is 2.64 bits per heavy atom. The predicted molar refractivity (Wildman–Crippen MR) is 59.4 cm³/mol. The molecule has 1 N–H and O–H groups in total. The molecule has 1 aromatic carbocycles. The number of hydrogen-bond acceptors (Lipinski definition) is 2. The molecular formula is C10H11ClO2Te. The Morgan fingerprint density at radius 1 is 1.50 bits per heavy atom. The number of halogens is 1. The average molecular weight is 326 g/mol. The van der Waals surface area contributed by atoms with E-state index < -0.39 is 20.9 Å². The van der Waals surface area contributed by atoms with Gasteiger partial charge in [0.1, 0.15) is 0 Å². The third-order valence-corrected chi connectivity index (χ3v) is 4.87. The quantitative estimate of drug-likeness (QED) is 0.840. The molecular weight excluding hydrogens is 315 g/mol. The summed E-state index contributed by atoms with van der Waals surface area (Å²) < 4.78 is 8.24. The van der Waals surface area contributed by atoms with Crippen LogP contribution in [-0.4, -0.2) is 39.7 Å². The first kappa shape index (κ1) is 11.9. The zero-order valence-corrected chi connectivity index (χ0v) is 10.8. The monoisotopic (exact) mass is 328 g/mol. The Labute approximate surface area is 98.6 Å². The Morgan fingerprint density at radius 2 is 2.14 bits per heavy atom. The van der Waals surface area contributed by atoms with Crippen molar-refractivity contribution < 1.29 is 9.84 Å². The normalized spacial score (nSPS) is 11.5. The van der Waals surface area contributed by atoms with Gasteiger partial charge in [0.15, 0.2) is 0 Å². The third-order valence-electron chi connectivity index (χ3n) is 1.53. The summed E-state index contributed by atoms with van der Waals surface area (Å²) in [5, 5.41) is 9.23. The number of rotatable bonds is 4. The Bertz CT molecular complexity index is 308. The van der Waals surface area contributed by atoms with E-state index in [0.29, 0.717) is 5.03 Å². The van der Waals surface area contributed by atoms with Gasteiger partial charge < -0.3 is 0 Å². The molecule has 1 rings (SSSR count). The molecule has 76 valence electrons. The summed E-state index contributed by atoms with van der Waals surface area (Å²) in [5.74, 6) is 0.860. The van der Waals surface area contributed by atoms with Crippen LogP contribution in [0.3, 0.4) is 0 Å². The number of benzene rings is 1. The number of aliphatic hydroxyl groups is 1. The summed E-state index contributed by atoms with van der Waals surface area (Å²) in [5.41, 5.74) is 0. The standard InChI is InChI=1S/C10H11ClO2Te/c1-13-9-2-4-10(5-3-9)14-7-8(11)6-12/h2-5,7,12H,6H2,1H3/b8-7-. The summed E-state index contributed by atoms with van der Waals surface area (Å²) in [6.45, 7) is -0.0670. The zero-order valence-electron chi connectivity index (χ0n) is 7.74. The van der Waals surface area contributed by atoms with Crippen molar-refractivity contribution in [3.05, 3.63) is 33.4 Å². The molecule has 4 heteroatoms. The van der Waals surface area contributed by atoms with E-state index in [4.69, 9.17) is 21.4 Å². The van der Waals surface area contributed by atoms with Gasteiger partial charge in [-0.15, -0.1) is 0 Å². The van der Waals surface area contributed by atoms with Crippen LogP contribution < -0.4 is 8.35 Å². The van der Waals surface area contributed by atoms with Crippen LogP contribution in [-0.2, 0) is 0 Å². The minimum atomic E-state index is -0.424. The molecule has 0 amide bonds. The van der Waals surface area contributed by atoms with Crippen LogP contribution in [0.5, 0.6) is 5.75 Å². The maximum atomic E-state index is 8.70. The molecule has 0 saturated carbocycles. The van der Waals surface area contributed by atoms with Gasteiger partial charge >= 0.3 is 98.9 Å². The fourth-order valence-corrected chi connectivity index (χ4v) is 2.93. The van der Waals surface area contributed by atoms with Gasteiger partial charge in [0.2, 0.25) is 0 Å². The molecule has 1 aromatic rings. The SMILES string of the molecule is COc1ccc([Te]/C=C(\Cl)CO)cc1. The van der Waals surface area contributed by atoms with E-state index in [9.17, 15) is 0 Å². The number of aliphatic hydroxyl groups excluding tert-OH is 1. The van der Waals surface area contributed by atoms with E-state index in [0.717, 1.165) is 5.75 Å². The van der Waals surface area contributed by atoms with Crippen LogP contribution in [0.2, 0.25) is 0 Å². The van der Waals surface area contributed by atoms with E-state index in [1.165, 1.54) is 3.61 Å². The Hall–Kier alpha value is -0.200. The van der Waals surface area contributed by atoms with Gasteiger partial charge in [-0.1, -0.05) is 0 Å². The molecule has 0 atom stereocenters. The van der Waals surface area contributed by atoms with Crippen LogP contribution in [0, 0.1) is 0 Å². The van der Waals surface area contributed by atoms with Gasteiger partial charge in [-0.2, -0.15) is 0 Å². The van der Waals surface area contributed by atoms with Crippen LogP contribution in [0.4, 0.5) is 0 Å². The van der Waals surface area contributed by atoms with Crippen LogP contribution in [0.15, 0.2) is 33.4 Å². The van der Waals surface area contributed by atoms with Crippen molar-refractivity contribution in [2.24, 2.45) is 0 Å². The molecule has 0 aliphatic heterocycles. The van der Waals surface area contributed by atoms with Gasteiger partial charge in [0.25, 0.3) is 0 Å². The maximum absolute atomic E-state index is 8.70. The molecule has 0 fully saturated rings. The van der Waals surface area contributed by atoms with Crippen molar-refractivity contribution in [1.29, 1.82) is 0 Å². The number of methoxy groups -OCH3 is 1. The van der Waals surface area contributed by atoms with E-state index in [2.05, 4.69) is 0 Å². The molecule has 0 unspecified atom stereocenters. The van der Waals surface area contributed by atoms with Gasteiger partial charge in [-0.3, -0.25) is 0 Å². The first-order valence-corrected chi connectivity index (χ1v) is 6.91. The summed E-state index contributed by atoms with van der Waals surface area (Å²) >= 11 is 5.27. The van der Waals surface area contributed by atoms with Gasteiger partial charge in [-0.25, -0.2) is 0 Å². The van der Waals surface area contributed by atoms with Crippen molar-refractivity contribution >= 4 is 36.1 Å². The third kappa shape index (κ3) is 3.89. The Kier molecular flexibility index (Phi) is 5.35. The molecule has 0 saturated heterocycles. The minimum absolute atomic E-state index is 0.0670. The van der Waals surface area contributed by atoms with Crippen LogP contribution in [0.25, 0.3) is 0 Å². The summed E-state index contributed by atoms with van der Waals surface area (Å²) in [4.78, 5) is 0. The molecule has 0 aliphatic rings. The second-order valence-electron chi connectivity index (χ2n) is 2.52. The fourth-order valence-electron chi connectivity index (χ4n) is 0.824. The zero-order chi connectivity index (χ0) is 10.4. The van der Waals surface area contributed by atoms with Crippen molar-refractivity contribution in [1.82, 2.24) is 0 Å².